The summed E-state index contributed by atoms with van der Waals surface area (Å²) in [5.41, 5.74) is 5.21. The first-order valence-electron chi connectivity index (χ1n) is 9.11. The highest BCUT2D eigenvalue weighted by Crippen LogP contribution is 2.37. The molecular weight excluding hydrogens is 327 g/mol. The predicted octanol–water partition coefficient (Wildman–Crippen LogP) is 5.15. The molecule has 0 amide bonds. The van der Waals surface area contributed by atoms with Gasteiger partial charge in [-0.1, -0.05) is 13.8 Å². The van der Waals surface area contributed by atoms with Crippen LogP contribution in [0.1, 0.15) is 38.6 Å². The van der Waals surface area contributed by atoms with Crippen molar-refractivity contribution in [2.45, 2.75) is 40.5 Å². The number of nitrogens with zero attached hydrogens (tertiary/aromatic N) is 4. The maximum absolute atomic E-state index is 14.8. The Hall–Kier alpha value is -2.56. The van der Waals surface area contributed by atoms with Crippen LogP contribution in [0.3, 0.4) is 0 Å². The molecule has 1 aromatic carbocycles. The molecule has 0 saturated carbocycles. The quantitative estimate of drug-likeness (QED) is 0.655. The van der Waals surface area contributed by atoms with E-state index in [9.17, 15) is 4.39 Å². The third-order valence-corrected chi connectivity index (χ3v) is 5.09. The van der Waals surface area contributed by atoms with Gasteiger partial charge in [-0.3, -0.25) is 4.99 Å². The number of hydrogen-bond acceptors (Lipinski definition) is 3. The second-order valence-corrected chi connectivity index (χ2v) is 7.61. The van der Waals surface area contributed by atoms with Gasteiger partial charge in [-0.2, -0.15) is 5.10 Å². The number of aryl methyl sites for hydroxylation is 1. The molecule has 1 aliphatic heterocycles. The summed E-state index contributed by atoms with van der Waals surface area (Å²) in [6, 6.07) is 5.62. The van der Waals surface area contributed by atoms with Crippen LogP contribution in [0.4, 0.5) is 10.1 Å². The van der Waals surface area contributed by atoms with Crippen LogP contribution in [0.5, 0.6) is 0 Å². The summed E-state index contributed by atoms with van der Waals surface area (Å²) in [5, 5.41) is 4.38. The molecule has 1 unspecified atom stereocenters. The molecule has 0 N–H and O–H groups in total. The summed E-state index contributed by atoms with van der Waals surface area (Å²) in [4.78, 5) is 8.87. The Bertz CT molecular complexity index is 1020. The molecule has 0 radical (unpaired) electrons. The first kappa shape index (κ1) is 16.9. The second-order valence-electron chi connectivity index (χ2n) is 7.61. The number of benzene rings is 1. The Labute approximate surface area is 152 Å². The van der Waals surface area contributed by atoms with Crippen molar-refractivity contribution in [3.63, 3.8) is 0 Å². The van der Waals surface area contributed by atoms with Gasteiger partial charge in [0.25, 0.3) is 0 Å². The number of hydrogen-bond donors (Lipinski definition) is 0. The van der Waals surface area contributed by atoms with Crippen molar-refractivity contribution < 1.29 is 4.39 Å². The topological polar surface area (TPSA) is 42.5 Å². The summed E-state index contributed by atoms with van der Waals surface area (Å²) < 4.78 is 16.6. The molecule has 0 spiro atoms. The van der Waals surface area contributed by atoms with Gasteiger partial charge in [0.05, 0.1) is 11.7 Å². The Kier molecular flexibility index (Phi) is 4.10. The number of fused-ring (bicyclic) bond motifs is 2. The smallest absolute Gasteiger partial charge is 0.149 e. The fourth-order valence-corrected chi connectivity index (χ4v) is 3.83. The molecule has 3 aromatic rings. The zero-order chi connectivity index (χ0) is 18.4. The van der Waals surface area contributed by atoms with Crippen molar-refractivity contribution in [3.05, 3.63) is 47.8 Å². The van der Waals surface area contributed by atoms with Crippen molar-refractivity contribution in [2.75, 3.05) is 0 Å². The molecular formula is C21H23FN4. The molecule has 5 heteroatoms. The highest BCUT2D eigenvalue weighted by atomic mass is 19.1. The standard InChI is InChI=1S/C21H23FN4/c1-12(2)7-15-8-17-9-16(10-19(22)21(17)24-13(15)3)18-5-6-26-20(18)11-23-14(4)25-26/h5-6,9-12,15H,7-8H2,1-4H3. The Morgan fingerprint density at radius 1 is 1.27 bits per heavy atom. The van der Waals surface area contributed by atoms with Crippen LogP contribution < -0.4 is 0 Å². The number of aliphatic imine (C=N–C) groups is 1. The first-order valence-corrected chi connectivity index (χ1v) is 9.11. The summed E-state index contributed by atoms with van der Waals surface area (Å²) >= 11 is 0. The van der Waals surface area contributed by atoms with Gasteiger partial charge in [-0.25, -0.2) is 13.9 Å². The van der Waals surface area contributed by atoms with Crippen LogP contribution in [0, 0.1) is 24.6 Å². The third-order valence-electron chi connectivity index (χ3n) is 5.09. The lowest BCUT2D eigenvalue weighted by molar-refractivity contribution is 0.488. The molecule has 0 aliphatic carbocycles. The summed E-state index contributed by atoms with van der Waals surface area (Å²) in [5.74, 6) is 1.43. The average molecular weight is 350 g/mol. The van der Waals surface area contributed by atoms with Gasteiger partial charge in [-0.05, 0) is 61.9 Å². The summed E-state index contributed by atoms with van der Waals surface area (Å²) in [6.07, 6.45) is 5.59. The van der Waals surface area contributed by atoms with E-state index in [0.717, 1.165) is 40.8 Å². The lowest BCUT2D eigenvalue weighted by Gasteiger charge is -2.25. The molecule has 0 bridgehead atoms. The molecule has 26 heavy (non-hydrogen) atoms. The van der Waals surface area contributed by atoms with E-state index in [1.54, 1.807) is 16.8 Å². The Morgan fingerprint density at radius 3 is 2.85 bits per heavy atom. The van der Waals surface area contributed by atoms with Crippen molar-refractivity contribution in [3.8, 4) is 11.1 Å². The molecule has 134 valence electrons. The zero-order valence-electron chi connectivity index (χ0n) is 15.6. The highest BCUT2D eigenvalue weighted by Gasteiger charge is 2.24. The van der Waals surface area contributed by atoms with Gasteiger partial charge in [0, 0.05) is 23.4 Å². The van der Waals surface area contributed by atoms with Gasteiger partial charge >= 0.3 is 0 Å². The van der Waals surface area contributed by atoms with E-state index in [-0.39, 0.29) is 5.82 Å². The predicted molar refractivity (Wildman–Crippen MR) is 103 cm³/mol. The van der Waals surface area contributed by atoms with Crippen LogP contribution in [-0.4, -0.2) is 20.3 Å². The first-order chi connectivity index (χ1) is 12.4. The Morgan fingerprint density at radius 2 is 2.08 bits per heavy atom. The van der Waals surface area contributed by atoms with Gasteiger partial charge in [0.2, 0.25) is 0 Å². The monoisotopic (exact) mass is 350 g/mol. The van der Waals surface area contributed by atoms with Crippen molar-refractivity contribution in [1.29, 1.82) is 0 Å². The van der Waals surface area contributed by atoms with Crippen LogP contribution in [-0.2, 0) is 6.42 Å². The zero-order valence-corrected chi connectivity index (χ0v) is 15.6. The summed E-state index contributed by atoms with van der Waals surface area (Å²) in [6.45, 7) is 8.31. The van der Waals surface area contributed by atoms with E-state index >= 15 is 0 Å². The molecule has 3 heterocycles. The van der Waals surface area contributed by atoms with Crippen molar-refractivity contribution in [1.82, 2.24) is 14.6 Å². The van der Waals surface area contributed by atoms with E-state index < -0.39 is 0 Å². The maximum atomic E-state index is 14.8. The molecule has 2 aromatic heterocycles. The maximum Gasteiger partial charge on any atom is 0.149 e. The van der Waals surface area contributed by atoms with Gasteiger partial charge in [0.15, 0.2) is 0 Å². The molecule has 4 rings (SSSR count). The molecule has 0 saturated heterocycles. The molecule has 4 nitrogen and oxygen atoms in total. The number of rotatable bonds is 3. The fourth-order valence-electron chi connectivity index (χ4n) is 3.83. The van der Waals surface area contributed by atoms with Crippen LogP contribution in [0.15, 0.2) is 35.6 Å². The van der Waals surface area contributed by atoms with E-state index in [1.807, 2.05) is 26.1 Å². The molecule has 1 aliphatic rings. The minimum atomic E-state index is -0.257. The van der Waals surface area contributed by atoms with E-state index in [1.165, 1.54) is 0 Å². The van der Waals surface area contributed by atoms with Gasteiger partial charge in [0.1, 0.15) is 17.3 Å². The molecule has 0 fully saturated rings. The van der Waals surface area contributed by atoms with E-state index in [0.29, 0.717) is 23.3 Å². The number of halogens is 1. The fraction of sp³-hybridized carbons (Fsp3) is 0.381. The van der Waals surface area contributed by atoms with E-state index in [4.69, 9.17) is 0 Å². The van der Waals surface area contributed by atoms with E-state index in [2.05, 4.69) is 35.0 Å². The second kappa shape index (κ2) is 6.31. The van der Waals surface area contributed by atoms with Crippen LogP contribution in [0.2, 0.25) is 0 Å². The van der Waals surface area contributed by atoms with Gasteiger partial charge < -0.3 is 0 Å². The lowest BCUT2D eigenvalue weighted by atomic mass is 9.84. The highest BCUT2D eigenvalue weighted by molar-refractivity contribution is 5.90. The van der Waals surface area contributed by atoms with Crippen LogP contribution in [0.25, 0.3) is 16.6 Å². The largest absolute Gasteiger partial charge is 0.254 e. The average Bonchev–Trinajstić information content (AvgIpc) is 2.98. The molecule has 1 atom stereocenters. The summed E-state index contributed by atoms with van der Waals surface area (Å²) in [7, 11) is 0. The minimum absolute atomic E-state index is 0.257. The third kappa shape index (κ3) is 2.91. The Balaban J connectivity index is 1.80. The minimum Gasteiger partial charge on any atom is -0.254 e. The van der Waals surface area contributed by atoms with Crippen molar-refractivity contribution >= 4 is 16.9 Å². The lowest BCUT2D eigenvalue weighted by Crippen LogP contribution is -2.20. The van der Waals surface area contributed by atoms with Crippen LogP contribution >= 0.6 is 0 Å². The van der Waals surface area contributed by atoms with Gasteiger partial charge in [-0.15, -0.1) is 0 Å². The van der Waals surface area contributed by atoms with Crippen molar-refractivity contribution in [2.24, 2.45) is 16.8 Å². The normalized spacial score (nSPS) is 16.8. The number of aromatic nitrogens is 3. The SMILES string of the molecule is CC1=Nc2c(F)cc(-c3ccn4nc(C)ncc34)cc2CC1CC(C)C.